The minimum Gasteiger partial charge on any atom is -0.493 e. The van der Waals surface area contributed by atoms with Crippen LogP contribution in [0.1, 0.15) is 51.6 Å². The molecular formula is C22H28N2O4S. The van der Waals surface area contributed by atoms with Gasteiger partial charge in [0, 0.05) is 11.4 Å². The number of nitrogens with zero attached hydrogens (tertiary/aromatic N) is 1. The minimum absolute atomic E-state index is 0.0361. The Morgan fingerprint density at radius 1 is 1.24 bits per heavy atom. The number of amides is 1. The average Bonchev–Trinajstić information content (AvgIpc) is 3.17. The van der Waals surface area contributed by atoms with Gasteiger partial charge in [0.15, 0.2) is 6.10 Å². The van der Waals surface area contributed by atoms with Crippen LogP contribution in [-0.4, -0.2) is 35.6 Å². The van der Waals surface area contributed by atoms with Gasteiger partial charge >= 0.3 is 5.97 Å². The number of carbonyl (C=O) groups excluding carboxylic acids is 2. The van der Waals surface area contributed by atoms with Crippen molar-refractivity contribution in [3.8, 4) is 16.3 Å². The molecule has 6 nitrogen and oxygen atoms in total. The van der Waals surface area contributed by atoms with Gasteiger partial charge < -0.3 is 14.8 Å². The van der Waals surface area contributed by atoms with E-state index in [-0.39, 0.29) is 18.4 Å². The number of para-hydroxylation sites is 1. The molecule has 0 aliphatic heterocycles. The normalized spacial score (nSPS) is 15.5. The van der Waals surface area contributed by atoms with Crippen LogP contribution in [0.3, 0.4) is 0 Å². The highest BCUT2D eigenvalue weighted by atomic mass is 32.1. The lowest BCUT2D eigenvalue weighted by atomic mass is 9.95. The first-order valence-electron chi connectivity index (χ1n) is 10.2. The Morgan fingerprint density at radius 3 is 2.76 bits per heavy atom. The first-order chi connectivity index (χ1) is 14.1. The van der Waals surface area contributed by atoms with Crippen molar-refractivity contribution in [2.24, 2.45) is 0 Å². The molecule has 29 heavy (non-hydrogen) atoms. The third-order valence-electron chi connectivity index (χ3n) is 4.92. The second kappa shape index (κ2) is 10.4. The molecular weight excluding hydrogens is 388 g/mol. The SMILES string of the molecule is CCOc1ccccc1-c1nc(CC(=O)OC(C)C(=O)NC2CCCCC2)cs1. The molecule has 3 rings (SSSR count). The van der Waals surface area contributed by atoms with E-state index >= 15 is 0 Å². The minimum atomic E-state index is -0.804. The summed E-state index contributed by atoms with van der Waals surface area (Å²) in [5, 5.41) is 5.62. The molecule has 156 valence electrons. The van der Waals surface area contributed by atoms with Crippen molar-refractivity contribution < 1.29 is 19.1 Å². The van der Waals surface area contributed by atoms with Gasteiger partial charge in [-0.2, -0.15) is 0 Å². The number of nitrogens with one attached hydrogen (secondary N) is 1. The van der Waals surface area contributed by atoms with E-state index in [1.54, 1.807) is 6.92 Å². The molecule has 1 aliphatic rings. The number of rotatable bonds is 8. The topological polar surface area (TPSA) is 77.5 Å². The van der Waals surface area contributed by atoms with Crippen molar-refractivity contribution in [1.82, 2.24) is 10.3 Å². The number of ether oxygens (including phenoxy) is 2. The molecule has 1 fully saturated rings. The molecule has 1 heterocycles. The Balaban J connectivity index is 1.54. The van der Waals surface area contributed by atoms with Crippen molar-refractivity contribution in [3.05, 3.63) is 35.3 Å². The van der Waals surface area contributed by atoms with Gasteiger partial charge in [-0.25, -0.2) is 4.98 Å². The zero-order valence-electron chi connectivity index (χ0n) is 17.0. The Bertz CT molecular complexity index is 830. The fraction of sp³-hybridized carbons (Fsp3) is 0.500. The lowest BCUT2D eigenvalue weighted by Crippen LogP contribution is -2.42. The molecule has 0 spiro atoms. The summed E-state index contributed by atoms with van der Waals surface area (Å²) in [5.74, 6) is 0.0904. The van der Waals surface area contributed by atoms with Crippen LogP contribution in [0.4, 0.5) is 0 Å². The molecule has 1 aromatic heterocycles. The molecule has 0 radical (unpaired) electrons. The first kappa shape index (κ1) is 21.3. The van der Waals surface area contributed by atoms with E-state index in [9.17, 15) is 9.59 Å². The third-order valence-corrected chi connectivity index (χ3v) is 5.85. The van der Waals surface area contributed by atoms with Gasteiger partial charge in [0.2, 0.25) is 0 Å². The predicted molar refractivity (Wildman–Crippen MR) is 113 cm³/mol. The molecule has 1 saturated carbocycles. The number of thiazole rings is 1. The Kier molecular flexibility index (Phi) is 7.63. The smallest absolute Gasteiger partial charge is 0.312 e. The molecule has 1 aliphatic carbocycles. The summed E-state index contributed by atoms with van der Waals surface area (Å²) >= 11 is 1.45. The lowest BCUT2D eigenvalue weighted by molar-refractivity contribution is -0.154. The van der Waals surface area contributed by atoms with Gasteiger partial charge in [0.25, 0.3) is 5.91 Å². The molecule has 0 bridgehead atoms. The van der Waals surface area contributed by atoms with Gasteiger partial charge in [-0.05, 0) is 38.8 Å². The zero-order chi connectivity index (χ0) is 20.6. The molecule has 1 unspecified atom stereocenters. The maximum Gasteiger partial charge on any atom is 0.312 e. The number of esters is 1. The number of hydrogen-bond donors (Lipinski definition) is 1. The van der Waals surface area contributed by atoms with E-state index in [4.69, 9.17) is 9.47 Å². The summed E-state index contributed by atoms with van der Waals surface area (Å²) in [6, 6.07) is 7.90. The second-order valence-electron chi connectivity index (χ2n) is 7.23. The Hall–Kier alpha value is -2.41. The summed E-state index contributed by atoms with van der Waals surface area (Å²) in [7, 11) is 0. The molecule has 1 N–H and O–H groups in total. The number of aromatic nitrogens is 1. The van der Waals surface area contributed by atoms with Crippen LogP contribution < -0.4 is 10.1 Å². The van der Waals surface area contributed by atoms with E-state index in [2.05, 4.69) is 10.3 Å². The molecule has 7 heteroatoms. The summed E-state index contributed by atoms with van der Waals surface area (Å²) in [6.45, 7) is 4.12. The van der Waals surface area contributed by atoms with Crippen molar-refractivity contribution in [1.29, 1.82) is 0 Å². The highest BCUT2D eigenvalue weighted by Crippen LogP contribution is 2.32. The van der Waals surface area contributed by atoms with Crippen molar-refractivity contribution >= 4 is 23.2 Å². The number of hydrogen-bond acceptors (Lipinski definition) is 6. The fourth-order valence-electron chi connectivity index (χ4n) is 3.44. The zero-order valence-corrected chi connectivity index (χ0v) is 17.8. The van der Waals surface area contributed by atoms with Crippen LogP contribution in [0.5, 0.6) is 5.75 Å². The van der Waals surface area contributed by atoms with E-state index in [0.717, 1.165) is 42.0 Å². The summed E-state index contributed by atoms with van der Waals surface area (Å²) < 4.78 is 11.0. The van der Waals surface area contributed by atoms with Crippen molar-refractivity contribution in [3.63, 3.8) is 0 Å². The highest BCUT2D eigenvalue weighted by molar-refractivity contribution is 7.13. The standard InChI is InChI=1S/C22H28N2O4S/c1-3-27-19-12-8-7-11-18(19)22-24-17(14-29-22)13-20(25)28-15(2)21(26)23-16-9-5-4-6-10-16/h7-8,11-12,14-16H,3-6,9-10,13H2,1-2H3,(H,23,26). The predicted octanol–water partition coefficient (Wildman–Crippen LogP) is 4.13. The third kappa shape index (κ3) is 6.03. The van der Waals surface area contributed by atoms with Crippen LogP contribution in [0.25, 0.3) is 10.6 Å². The second-order valence-corrected chi connectivity index (χ2v) is 8.08. The average molecular weight is 417 g/mol. The monoisotopic (exact) mass is 416 g/mol. The van der Waals surface area contributed by atoms with E-state index in [1.165, 1.54) is 17.8 Å². The number of benzene rings is 1. The largest absolute Gasteiger partial charge is 0.493 e. The summed E-state index contributed by atoms with van der Waals surface area (Å²) in [5.41, 5.74) is 1.53. The summed E-state index contributed by atoms with van der Waals surface area (Å²) in [4.78, 5) is 29.1. The fourth-order valence-corrected chi connectivity index (χ4v) is 4.29. The van der Waals surface area contributed by atoms with Crippen LogP contribution >= 0.6 is 11.3 Å². The molecule has 2 aromatic rings. The van der Waals surface area contributed by atoms with Gasteiger partial charge in [-0.3, -0.25) is 9.59 Å². The first-order valence-corrected chi connectivity index (χ1v) is 11.1. The maximum absolute atomic E-state index is 12.3. The quantitative estimate of drug-likeness (QED) is 0.655. The van der Waals surface area contributed by atoms with Gasteiger partial charge in [0.05, 0.1) is 24.3 Å². The van der Waals surface area contributed by atoms with E-state index < -0.39 is 12.1 Å². The van der Waals surface area contributed by atoms with Crippen LogP contribution in [0.2, 0.25) is 0 Å². The molecule has 1 amide bonds. The number of carbonyl (C=O) groups is 2. The van der Waals surface area contributed by atoms with Gasteiger partial charge in [-0.1, -0.05) is 31.4 Å². The van der Waals surface area contributed by atoms with E-state index in [1.807, 2.05) is 36.6 Å². The highest BCUT2D eigenvalue weighted by Gasteiger charge is 2.23. The maximum atomic E-state index is 12.3. The molecule has 1 aromatic carbocycles. The van der Waals surface area contributed by atoms with Crippen molar-refractivity contribution in [2.45, 2.75) is 64.5 Å². The molecule has 1 atom stereocenters. The van der Waals surface area contributed by atoms with Crippen LogP contribution in [0, 0.1) is 0 Å². The van der Waals surface area contributed by atoms with Crippen LogP contribution in [0.15, 0.2) is 29.6 Å². The Morgan fingerprint density at radius 2 is 2.00 bits per heavy atom. The van der Waals surface area contributed by atoms with Gasteiger partial charge in [0.1, 0.15) is 10.8 Å². The Labute approximate surface area is 175 Å². The van der Waals surface area contributed by atoms with Crippen LogP contribution in [-0.2, 0) is 20.7 Å². The van der Waals surface area contributed by atoms with E-state index in [0.29, 0.717) is 12.3 Å². The molecule has 0 saturated heterocycles. The van der Waals surface area contributed by atoms with Crippen molar-refractivity contribution in [2.75, 3.05) is 6.61 Å². The van der Waals surface area contributed by atoms with Gasteiger partial charge in [-0.15, -0.1) is 11.3 Å². The lowest BCUT2D eigenvalue weighted by Gasteiger charge is -2.24. The summed E-state index contributed by atoms with van der Waals surface area (Å²) in [6.07, 6.45) is 4.72.